The van der Waals surface area contributed by atoms with Crippen molar-refractivity contribution in [3.8, 4) is 11.5 Å². The fourth-order valence-corrected chi connectivity index (χ4v) is 1.30. The van der Waals surface area contributed by atoms with Gasteiger partial charge in [-0.1, -0.05) is 17.7 Å². The Bertz CT molecular complexity index is 499. The first-order valence-corrected chi connectivity index (χ1v) is 4.81. The number of ether oxygens (including phenoxy) is 1. The molecule has 0 saturated carbocycles. The molecular formula is C12H11NO3. The number of esters is 1. The number of aryl methyl sites for hydroxylation is 1. The topological polar surface area (TPSA) is 52.3 Å². The molecule has 1 heterocycles. The van der Waals surface area contributed by atoms with Crippen molar-refractivity contribution < 1.29 is 13.9 Å². The van der Waals surface area contributed by atoms with Gasteiger partial charge in [-0.2, -0.15) is 0 Å². The molecular weight excluding hydrogens is 206 g/mol. The maximum atomic E-state index is 11.2. The molecule has 4 heteroatoms. The summed E-state index contributed by atoms with van der Waals surface area (Å²) in [4.78, 5) is 15.2. The number of hydrogen-bond donors (Lipinski definition) is 0. The number of benzene rings is 1. The maximum Gasteiger partial charge on any atom is 0.360 e. The van der Waals surface area contributed by atoms with Crippen molar-refractivity contribution in [3.05, 3.63) is 41.8 Å². The molecule has 0 spiro atoms. The Balaban J connectivity index is 2.31. The smallest absolute Gasteiger partial charge is 0.360 e. The lowest BCUT2D eigenvalue weighted by molar-refractivity contribution is 0.0594. The van der Waals surface area contributed by atoms with E-state index in [2.05, 4.69) is 9.72 Å². The molecule has 0 atom stereocenters. The minimum Gasteiger partial charge on any atom is -0.464 e. The Labute approximate surface area is 92.9 Å². The van der Waals surface area contributed by atoms with Gasteiger partial charge in [-0.25, -0.2) is 9.78 Å². The lowest BCUT2D eigenvalue weighted by atomic mass is 10.1. The van der Waals surface area contributed by atoms with E-state index in [4.69, 9.17) is 4.42 Å². The number of carbonyl (C=O) groups excluding carboxylic acids is 1. The molecule has 2 rings (SSSR count). The van der Waals surface area contributed by atoms with Crippen LogP contribution < -0.4 is 0 Å². The van der Waals surface area contributed by atoms with Gasteiger partial charge in [0.1, 0.15) is 6.26 Å². The summed E-state index contributed by atoms with van der Waals surface area (Å²) in [6.45, 7) is 2.00. The Kier molecular flexibility index (Phi) is 2.72. The zero-order valence-corrected chi connectivity index (χ0v) is 9.06. The molecule has 0 aliphatic rings. The molecule has 0 unspecified atom stereocenters. The normalized spacial score (nSPS) is 10.1. The molecule has 2 aromatic rings. The summed E-state index contributed by atoms with van der Waals surface area (Å²) in [5.41, 5.74) is 2.17. The highest BCUT2D eigenvalue weighted by Crippen LogP contribution is 2.19. The van der Waals surface area contributed by atoms with Crippen LogP contribution in [0, 0.1) is 6.92 Å². The summed E-state index contributed by atoms with van der Waals surface area (Å²) in [6.07, 6.45) is 1.29. The van der Waals surface area contributed by atoms with Crippen LogP contribution in [0.15, 0.2) is 34.9 Å². The van der Waals surface area contributed by atoms with E-state index in [1.165, 1.54) is 13.4 Å². The highest BCUT2D eigenvalue weighted by Gasteiger charge is 2.12. The molecule has 4 nitrogen and oxygen atoms in total. The zero-order valence-electron chi connectivity index (χ0n) is 9.06. The van der Waals surface area contributed by atoms with Crippen molar-refractivity contribution in [2.75, 3.05) is 7.11 Å². The highest BCUT2D eigenvalue weighted by atomic mass is 16.5. The van der Waals surface area contributed by atoms with E-state index in [9.17, 15) is 4.79 Å². The van der Waals surface area contributed by atoms with Crippen LogP contribution in [0.5, 0.6) is 0 Å². The van der Waals surface area contributed by atoms with Crippen LogP contribution >= 0.6 is 0 Å². The minimum absolute atomic E-state index is 0.179. The number of methoxy groups -OCH3 is 1. The fraction of sp³-hybridized carbons (Fsp3) is 0.167. The molecule has 0 aliphatic carbocycles. The van der Waals surface area contributed by atoms with Gasteiger partial charge in [0.05, 0.1) is 7.11 Å². The van der Waals surface area contributed by atoms with Gasteiger partial charge in [0.25, 0.3) is 0 Å². The lowest BCUT2D eigenvalue weighted by Crippen LogP contribution is -2.00. The van der Waals surface area contributed by atoms with Crippen LogP contribution in [0.3, 0.4) is 0 Å². The first-order valence-electron chi connectivity index (χ1n) is 4.81. The monoisotopic (exact) mass is 217 g/mol. The second-order valence-corrected chi connectivity index (χ2v) is 3.40. The Hall–Kier alpha value is -2.10. The number of carbonyl (C=O) groups is 1. The first kappa shape index (κ1) is 10.4. The third-order valence-electron chi connectivity index (χ3n) is 2.20. The Morgan fingerprint density at radius 2 is 2.00 bits per heavy atom. The largest absolute Gasteiger partial charge is 0.464 e. The van der Waals surface area contributed by atoms with Crippen molar-refractivity contribution in [2.24, 2.45) is 0 Å². The van der Waals surface area contributed by atoms with E-state index in [0.717, 1.165) is 11.1 Å². The molecule has 0 amide bonds. The van der Waals surface area contributed by atoms with Gasteiger partial charge in [0.2, 0.25) is 5.89 Å². The van der Waals surface area contributed by atoms with Gasteiger partial charge < -0.3 is 9.15 Å². The van der Waals surface area contributed by atoms with Crippen molar-refractivity contribution in [2.45, 2.75) is 6.92 Å². The third-order valence-corrected chi connectivity index (χ3v) is 2.20. The average Bonchev–Trinajstić information content (AvgIpc) is 2.78. The number of rotatable bonds is 2. The van der Waals surface area contributed by atoms with Crippen LogP contribution in [-0.4, -0.2) is 18.1 Å². The summed E-state index contributed by atoms with van der Waals surface area (Å²) < 4.78 is 9.74. The molecule has 0 fully saturated rings. The number of hydrogen-bond acceptors (Lipinski definition) is 4. The third kappa shape index (κ3) is 1.95. The van der Waals surface area contributed by atoms with E-state index < -0.39 is 5.97 Å². The van der Waals surface area contributed by atoms with E-state index in [1.54, 1.807) is 0 Å². The zero-order chi connectivity index (χ0) is 11.5. The van der Waals surface area contributed by atoms with Gasteiger partial charge in [-0.05, 0) is 19.1 Å². The van der Waals surface area contributed by atoms with E-state index in [0.29, 0.717) is 5.89 Å². The average molecular weight is 217 g/mol. The van der Waals surface area contributed by atoms with Crippen molar-refractivity contribution >= 4 is 5.97 Å². The molecule has 0 bridgehead atoms. The highest BCUT2D eigenvalue weighted by molar-refractivity contribution is 5.87. The Morgan fingerprint density at radius 1 is 1.31 bits per heavy atom. The standard InChI is InChI=1S/C12H11NO3/c1-8-3-5-9(6-4-8)11-13-10(7-16-11)12(14)15-2/h3-7H,1-2H3. The SMILES string of the molecule is COC(=O)c1coc(-c2ccc(C)cc2)n1. The van der Waals surface area contributed by atoms with Crippen molar-refractivity contribution in [3.63, 3.8) is 0 Å². The quantitative estimate of drug-likeness (QED) is 0.725. The first-order chi connectivity index (χ1) is 7.70. The number of nitrogens with zero attached hydrogens (tertiary/aromatic N) is 1. The van der Waals surface area contributed by atoms with E-state index >= 15 is 0 Å². The van der Waals surface area contributed by atoms with Gasteiger partial charge in [-0.15, -0.1) is 0 Å². The van der Waals surface area contributed by atoms with Crippen molar-refractivity contribution in [1.29, 1.82) is 0 Å². The van der Waals surface area contributed by atoms with Crippen LogP contribution in [0.4, 0.5) is 0 Å². The van der Waals surface area contributed by atoms with Gasteiger partial charge in [0, 0.05) is 5.56 Å². The van der Waals surface area contributed by atoms with Crippen LogP contribution in [-0.2, 0) is 4.74 Å². The predicted molar refractivity (Wildman–Crippen MR) is 58.0 cm³/mol. The second-order valence-electron chi connectivity index (χ2n) is 3.40. The Morgan fingerprint density at radius 3 is 2.62 bits per heavy atom. The number of aromatic nitrogens is 1. The summed E-state index contributed by atoms with van der Waals surface area (Å²) >= 11 is 0. The summed E-state index contributed by atoms with van der Waals surface area (Å²) in [6, 6.07) is 7.69. The summed E-state index contributed by atoms with van der Waals surface area (Å²) in [7, 11) is 1.31. The van der Waals surface area contributed by atoms with Gasteiger partial charge in [0.15, 0.2) is 5.69 Å². The van der Waals surface area contributed by atoms with Crippen LogP contribution in [0.1, 0.15) is 16.1 Å². The van der Waals surface area contributed by atoms with Gasteiger partial charge in [-0.3, -0.25) is 0 Å². The molecule has 0 aliphatic heterocycles. The molecule has 0 saturated heterocycles. The lowest BCUT2D eigenvalue weighted by Gasteiger charge is -1.95. The fourth-order valence-electron chi connectivity index (χ4n) is 1.30. The molecule has 82 valence electrons. The van der Waals surface area contributed by atoms with Crippen molar-refractivity contribution in [1.82, 2.24) is 4.98 Å². The van der Waals surface area contributed by atoms with E-state index in [1.807, 2.05) is 31.2 Å². The van der Waals surface area contributed by atoms with Crippen LogP contribution in [0.25, 0.3) is 11.5 Å². The summed E-state index contributed by atoms with van der Waals surface area (Å²) in [5, 5.41) is 0. The van der Waals surface area contributed by atoms with Gasteiger partial charge >= 0.3 is 5.97 Å². The minimum atomic E-state index is -0.498. The molecule has 0 radical (unpaired) electrons. The molecule has 1 aromatic carbocycles. The molecule has 1 aromatic heterocycles. The molecule has 0 N–H and O–H groups in total. The predicted octanol–water partition coefficient (Wildman–Crippen LogP) is 2.44. The second kappa shape index (κ2) is 4.18. The van der Waals surface area contributed by atoms with E-state index in [-0.39, 0.29) is 5.69 Å². The summed E-state index contributed by atoms with van der Waals surface area (Å²) in [5.74, 6) is -0.0810. The maximum absolute atomic E-state index is 11.2. The van der Waals surface area contributed by atoms with Crippen LogP contribution in [0.2, 0.25) is 0 Å². The molecule has 16 heavy (non-hydrogen) atoms. The number of oxazole rings is 1.